The molecule has 0 spiro atoms. The first-order valence-corrected chi connectivity index (χ1v) is 11.3. The molecule has 5 nitrogen and oxygen atoms in total. The highest BCUT2D eigenvalue weighted by atomic mass is 35.5. The van der Waals surface area contributed by atoms with Crippen LogP contribution in [0.2, 0.25) is 10.0 Å². The highest BCUT2D eigenvalue weighted by Crippen LogP contribution is 2.32. The molecule has 8 heteroatoms. The quantitative estimate of drug-likeness (QED) is 0.619. The third kappa shape index (κ3) is 3.67. The topological polar surface area (TPSA) is 45.5 Å². The van der Waals surface area contributed by atoms with Gasteiger partial charge in [-0.3, -0.25) is 4.90 Å². The van der Waals surface area contributed by atoms with Gasteiger partial charge >= 0.3 is 0 Å². The van der Waals surface area contributed by atoms with Gasteiger partial charge < -0.3 is 4.90 Å². The van der Waals surface area contributed by atoms with Gasteiger partial charge in [-0.15, -0.1) is 0 Å². The van der Waals surface area contributed by atoms with E-state index in [4.69, 9.17) is 23.2 Å². The fourth-order valence-corrected chi connectivity index (χ4v) is 5.62. The average molecular weight is 438 g/mol. The summed E-state index contributed by atoms with van der Waals surface area (Å²) in [7, 11) is -1.70. The number of halogens is 2. The number of fused-ring (bicyclic) bond motifs is 1. The number of piperazine rings is 1. The van der Waals surface area contributed by atoms with Crippen LogP contribution in [0.15, 0.2) is 53.6 Å². The van der Waals surface area contributed by atoms with E-state index in [0.717, 1.165) is 38.1 Å². The molecule has 2 aromatic carbocycles. The second-order valence-electron chi connectivity index (χ2n) is 7.14. The molecule has 0 aliphatic carbocycles. The van der Waals surface area contributed by atoms with Gasteiger partial charge in [0.25, 0.3) is 10.0 Å². The van der Waals surface area contributed by atoms with Gasteiger partial charge in [-0.1, -0.05) is 35.3 Å². The molecule has 1 saturated heterocycles. The van der Waals surface area contributed by atoms with Gasteiger partial charge in [-0.05, 0) is 42.9 Å². The van der Waals surface area contributed by atoms with Gasteiger partial charge in [0.05, 0.1) is 15.6 Å². The molecular weight excluding hydrogens is 417 g/mol. The molecule has 1 aromatic heterocycles. The minimum Gasteiger partial charge on any atom is -0.304 e. The van der Waals surface area contributed by atoms with Crippen LogP contribution in [-0.4, -0.2) is 55.4 Å². The zero-order valence-corrected chi connectivity index (χ0v) is 17.8. The predicted molar refractivity (Wildman–Crippen MR) is 114 cm³/mol. The summed E-state index contributed by atoms with van der Waals surface area (Å²) in [6.07, 6.45) is 1.57. The van der Waals surface area contributed by atoms with Crippen molar-refractivity contribution in [2.75, 3.05) is 33.2 Å². The van der Waals surface area contributed by atoms with Gasteiger partial charge in [0.15, 0.2) is 0 Å². The molecule has 0 N–H and O–H groups in total. The Hall–Kier alpha value is -1.57. The van der Waals surface area contributed by atoms with E-state index < -0.39 is 10.0 Å². The van der Waals surface area contributed by atoms with Crippen LogP contribution >= 0.6 is 23.2 Å². The third-order valence-electron chi connectivity index (χ3n) is 5.17. The zero-order chi connectivity index (χ0) is 19.9. The Labute approximate surface area is 175 Å². The summed E-state index contributed by atoms with van der Waals surface area (Å²) in [5.41, 5.74) is 1.80. The van der Waals surface area contributed by atoms with E-state index in [0.29, 0.717) is 5.52 Å². The van der Waals surface area contributed by atoms with Crippen molar-refractivity contribution < 1.29 is 8.42 Å². The van der Waals surface area contributed by atoms with E-state index in [1.807, 2.05) is 18.2 Å². The molecule has 148 valence electrons. The van der Waals surface area contributed by atoms with Crippen LogP contribution < -0.4 is 0 Å². The van der Waals surface area contributed by atoms with Crippen LogP contribution in [-0.2, 0) is 16.6 Å². The number of nitrogens with zero attached hydrogens (tertiary/aromatic N) is 3. The second-order valence-corrected chi connectivity index (χ2v) is 9.71. The summed E-state index contributed by atoms with van der Waals surface area (Å²) >= 11 is 12.2. The van der Waals surface area contributed by atoms with Crippen molar-refractivity contribution in [1.29, 1.82) is 0 Å². The van der Waals surface area contributed by atoms with Crippen molar-refractivity contribution in [3.05, 3.63) is 64.3 Å². The van der Waals surface area contributed by atoms with E-state index in [1.165, 1.54) is 15.6 Å². The molecule has 0 radical (unpaired) electrons. The minimum atomic E-state index is -3.84. The second kappa shape index (κ2) is 7.69. The van der Waals surface area contributed by atoms with E-state index in [2.05, 4.69) is 22.9 Å². The highest BCUT2D eigenvalue weighted by molar-refractivity contribution is 7.90. The molecule has 4 rings (SSSR count). The molecule has 0 unspecified atom stereocenters. The Morgan fingerprint density at radius 1 is 1.00 bits per heavy atom. The Morgan fingerprint density at radius 2 is 1.75 bits per heavy atom. The maximum absolute atomic E-state index is 13.1. The molecule has 2 heterocycles. The first kappa shape index (κ1) is 19.7. The van der Waals surface area contributed by atoms with Crippen molar-refractivity contribution in [3.63, 3.8) is 0 Å². The number of hydrogen-bond donors (Lipinski definition) is 0. The summed E-state index contributed by atoms with van der Waals surface area (Å²) in [5, 5.41) is 1.14. The number of likely N-dealkylation sites (N-methyl/N-ethyl adjacent to an activating group) is 1. The van der Waals surface area contributed by atoms with Crippen LogP contribution in [0.1, 0.15) is 5.56 Å². The molecule has 0 atom stereocenters. The first-order chi connectivity index (χ1) is 13.4. The van der Waals surface area contributed by atoms with Gasteiger partial charge in [0, 0.05) is 44.3 Å². The largest absolute Gasteiger partial charge is 0.304 e. The van der Waals surface area contributed by atoms with Crippen LogP contribution in [0.25, 0.3) is 10.9 Å². The Morgan fingerprint density at radius 3 is 2.50 bits per heavy atom. The zero-order valence-electron chi connectivity index (χ0n) is 15.5. The van der Waals surface area contributed by atoms with Crippen molar-refractivity contribution in [2.24, 2.45) is 0 Å². The Kier molecular flexibility index (Phi) is 5.42. The average Bonchev–Trinajstić information content (AvgIpc) is 3.10. The summed E-state index contributed by atoms with van der Waals surface area (Å²) in [4.78, 5) is 4.74. The molecule has 0 amide bonds. The number of aromatic nitrogens is 1. The molecule has 0 saturated carbocycles. The number of benzene rings is 2. The van der Waals surface area contributed by atoms with E-state index in [-0.39, 0.29) is 14.9 Å². The first-order valence-electron chi connectivity index (χ1n) is 9.07. The van der Waals surface area contributed by atoms with E-state index in [9.17, 15) is 8.42 Å². The van der Waals surface area contributed by atoms with Gasteiger partial charge in [-0.2, -0.15) is 0 Å². The molecule has 1 aliphatic rings. The van der Waals surface area contributed by atoms with E-state index in [1.54, 1.807) is 18.3 Å². The maximum atomic E-state index is 13.1. The molecule has 3 aromatic rings. The maximum Gasteiger partial charge on any atom is 0.269 e. The normalized spacial score (nSPS) is 16.7. The van der Waals surface area contributed by atoms with Gasteiger partial charge in [0.1, 0.15) is 4.90 Å². The number of hydrogen-bond acceptors (Lipinski definition) is 4. The molecule has 1 fully saturated rings. The summed E-state index contributed by atoms with van der Waals surface area (Å²) in [5.74, 6) is 0. The van der Waals surface area contributed by atoms with Crippen molar-refractivity contribution in [3.8, 4) is 0 Å². The van der Waals surface area contributed by atoms with Crippen molar-refractivity contribution >= 4 is 44.1 Å². The van der Waals surface area contributed by atoms with Gasteiger partial charge in [-0.25, -0.2) is 12.4 Å². The summed E-state index contributed by atoms with van der Waals surface area (Å²) in [6.45, 7) is 5.07. The minimum absolute atomic E-state index is 0.000629. The highest BCUT2D eigenvalue weighted by Gasteiger charge is 2.23. The lowest BCUT2D eigenvalue weighted by Crippen LogP contribution is -2.43. The molecular formula is C20H21Cl2N3O2S. The lowest BCUT2D eigenvalue weighted by Gasteiger charge is -2.32. The molecule has 0 bridgehead atoms. The van der Waals surface area contributed by atoms with Crippen LogP contribution in [0.4, 0.5) is 0 Å². The predicted octanol–water partition coefficient (Wildman–Crippen LogP) is 3.93. The fourth-order valence-electron chi connectivity index (χ4n) is 3.53. The Bertz CT molecular complexity index is 1120. The summed E-state index contributed by atoms with van der Waals surface area (Å²) < 4.78 is 27.5. The third-order valence-corrected chi connectivity index (χ3v) is 7.84. The standard InChI is InChI=1S/C20H21Cl2N3O2S/c1-23-9-11-24(12-10-23)14-15-5-6-18-16(13-15)7-8-25(18)28(26,27)19-4-2-3-17(21)20(19)22/h2-8,13H,9-12,14H2,1H3. The lowest BCUT2D eigenvalue weighted by atomic mass is 10.1. The SMILES string of the molecule is CN1CCN(Cc2ccc3c(ccn3S(=O)(=O)c3cccc(Cl)c3Cl)c2)CC1. The number of rotatable bonds is 4. The van der Waals surface area contributed by atoms with Crippen LogP contribution in [0.3, 0.4) is 0 Å². The van der Waals surface area contributed by atoms with E-state index >= 15 is 0 Å². The lowest BCUT2D eigenvalue weighted by molar-refractivity contribution is 0.148. The smallest absolute Gasteiger partial charge is 0.269 e. The summed E-state index contributed by atoms with van der Waals surface area (Å²) in [6, 6.07) is 12.3. The molecule has 1 aliphatic heterocycles. The monoisotopic (exact) mass is 437 g/mol. The van der Waals surface area contributed by atoms with Gasteiger partial charge in [0.2, 0.25) is 0 Å². The van der Waals surface area contributed by atoms with Crippen molar-refractivity contribution in [1.82, 2.24) is 13.8 Å². The van der Waals surface area contributed by atoms with Crippen LogP contribution in [0, 0.1) is 0 Å². The van der Waals surface area contributed by atoms with Crippen molar-refractivity contribution in [2.45, 2.75) is 11.4 Å². The molecule has 28 heavy (non-hydrogen) atoms. The fraction of sp³-hybridized carbons (Fsp3) is 0.300. The Balaban J connectivity index is 1.65. The van der Waals surface area contributed by atoms with Crippen LogP contribution in [0.5, 0.6) is 0 Å².